The molecule has 0 unspecified atom stereocenters. The van der Waals surface area contributed by atoms with Crippen molar-refractivity contribution in [3.63, 3.8) is 0 Å². The summed E-state index contributed by atoms with van der Waals surface area (Å²) in [4.78, 5) is 31.1. The lowest BCUT2D eigenvalue weighted by Gasteiger charge is -2.14. The third-order valence-electron chi connectivity index (χ3n) is 6.14. The first-order chi connectivity index (χ1) is 18.5. The average Bonchev–Trinajstić information content (AvgIpc) is 3.23. The number of halogens is 1. The van der Waals surface area contributed by atoms with Crippen LogP contribution in [0.15, 0.2) is 51.9 Å². The molecule has 0 bridgehead atoms. The number of hydrogen-bond acceptors (Lipinski definition) is 7. The van der Waals surface area contributed by atoms with Gasteiger partial charge in [-0.3, -0.25) is 4.79 Å². The van der Waals surface area contributed by atoms with E-state index in [0.717, 1.165) is 42.5 Å². The van der Waals surface area contributed by atoms with Crippen LogP contribution >= 0.6 is 27.3 Å². The Morgan fingerprint density at radius 2 is 1.84 bits per heavy atom. The van der Waals surface area contributed by atoms with Crippen LogP contribution in [0.25, 0.3) is 0 Å². The van der Waals surface area contributed by atoms with Crippen molar-refractivity contribution in [2.45, 2.75) is 45.4 Å². The second-order valence-electron chi connectivity index (χ2n) is 8.80. The van der Waals surface area contributed by atoms with Gasteiger partial charge in [-0.1, -0.05) is 31.0 Å². The maximum Gasteiger partial charge on any atom is 0.343 e. The van der Waals surface area contributed by atoms with Gasteiger partial charge in [0.1, 0.15) is 5.00 Å². The number of aliphatic imine (C=N–C) groups is 1. The monoisotopic (exact) mass is 598 g/mol. The zero-order valence-corrected chi connectivity index (χ0v) is 24.0. The molecule has 3 aromatic rings. The Morgan fingerprint density at radius 1 is 1.08 bits per heavy atom. The fraction of sp³-hybridized carbons (Fsp3) is 0.345. The molecular formula is C29H31BrN2O5S. The molecule has 0 radical (unpaired) electrons. The van der Waals surface area contributed by atoms with Crippen LogP contribution in [0.3, 0.4) is 0 Å². The summed E-state index contributed by atoms with van der Waals surface area (Å²) in [6.07, 6.45) is 8.14. The van der Waals surface area contributed by atoms with Crippen molar-refractivity contribution in [3.8, 4) is 11.5 Å². The summed E-state index contributed by atoms with van der Waals surface area (Å²) >= 11 is 5.13. The molecule has 9 heteroatoms. The number of amides is 1. The van der Waals surface area contributed by atoms with E-state index in [1.165, 1.54) is 24.8 Å². The number of para-hydroxylation sites is 1. The molecule has 1 amide bonds. The summed E-state index contributed by atoms with van der Waals surface area (Å²) in [6.45, 7) is 2.06. The minimum atomic E-state index is -0.487. The minimum Gasteiger partial charge on any atom is -0.490 e. The number of thiophene rings is 1. The molecule has 0 atom stereocenters. The summed E-state index contributed by atoms with van der Waals surface area (Å²) in [5, 5.41) is 3.75. The van der Waals surface area contributed by atoms with E-state index >= 15 is 0 Å². The molecule has 2 aromatic carbocycles. The fourth-order valence-corrected chi connectivity index (χ4v) is 6.14. The second kappa shape index (κ2) is 13.6. The summed E-state index contributed by atoms with van der Waals surface area (Å²) in [6, 6.07) is 13.1. The molecule has 1 N–H and O–H groups in total. The van der Waals surface area contributed by atoms with Gasteiger partial charge in [-0.05, 0) is 83.9 Å². The smallest absolute Gasteiger partial charge is 0.343 e. The number of aryl methyl sites for hydroxylation is 1. The minimum absolute atomic E-state index is 0.135. The molecule has 1 aliphatic carbocycles. The molecule has 1 aromatic heterocycles. The molecule has 0 saturated heterocycles. The molecule has 1 heterocycles. The zero-order valence-electron chi connectivity index (χ0n) is 21.6. The van der Waals surface area contributed by atoms with Crippen LogP contribution in [0.4, 0.5) is 10.7 Å². The van der Waals surface area contributed by atoms with Crippen LogP contribution in [0.5, 0.6) is 11.5 Å². The first kappa shape index (κ1) is 27.9. The van der Waals surface area contributed by atoms with Crippen molar-refractivity contribution in [3.05, 3.63) is 68.5 Å². The molecule has 0 spiro atoms. The van der Waals surface area contributed by atoms with E-state index in [0.29, 0.717) is 33.1 Å². The van der Waals surface area contributed by atoms with Gasteiger partial charge in [0.05, 0.1) is 23.8 Å². The molecule has 4 rings (SSSR count). The lowest BCUT2D eigenvalue weighted by molar-refractivity contribution is -0.142. The number of methoxy groups -OCH3 is 1. The fourth-order valence-electron chi connectivity index (χ4n) is 4.33. The Hall–Kier alpha value is -3.17. The van der Waals surface area contributed by atoms with Gasteiger partial charge in [0, 0.05) is 16.8 Å². The van der Waals surface area contributed by atoms with Gasteiger partial charge in [0.25, 0.3) is 5.91 Å². The quantitative estimate of drug-likeness (QED) is 0.209. The number of carbonyl (C=O) groups is 2. The van der Waals surface area contributed by atoms with Crippen LogP contribution in [0.1, 0.15) is 59.0 Å². The number of rotatable bonds is 9. The largest absolute Gasteiger partial charge is 0.490 e. The van der Waals surface area contributed by atoms with Crippen molar-refractivity contribution in [2.24, 2.45) is 4.99 Å². The molecule has 0 aliphatic heterocycles. The predicted octanol–water partition coefficient (Wildman–Crippen LogP) is 7.12. The summed E-state index contributed by atoms with van der Waals surface area (Å²) in [5.74, 6) is 0.271. The lowest BCUT2D eigenvalue weighted by atomic mass is 9.96. The summed E-state index contributed by atoms with van der Waals surface area (Å²) < 4.78 is 16.7. The van der Waals surface area contributed by atoms with Gasteiger partial charge in [-0.15, -0.1) is 11.3 Å². The number of fused-ring (bicyclic) bond motifs is 1. The van der Waals surface area contributed by atoms with E-state index in [1.807, 2.05) is 43.3 Å². The summed E-state index contributed by atoms with van der Waals surface area (Å²) in [7, 11) is 1.31. The van der Waals surface area contributed by atoms with Gasteiger partial charge < -0.3 is 19.5 Å². The highest BCUT2D eigenvalue weighted by Crippen LogP contribution is 2.40. The number of esters is 1. The van der Waals surface area contributed by atoms with Gasteiger partial charge in [-0.2, -0.15) is 0 Å². The summed E-state index contributed by atoms with van der Waals surface area (Å²) in [5.41, 5.74) is 3.30. The van der Waals surface area contributed by atoms with Crippen LogP contribution in [0.2, 0.25) is 0 Å². The third-order valence-corrected chi connectivity index (χ3v) is 7.92. The average molecular weight is 600 g/mol. The topological polar surface area (TPSA) is 86.2 Å². The molecule has 0 saturated carbocycles. The Bertz CT molecular complexity index is 1310. The highest BCUT2D eigenvalue weighted by atomic mass is 79.9. The molecule has 38 heavy (non-hydrogen) atoms. The van der Waals surface area contributed by atoms with Crippen LogP contribution < -0.4 is 14.8 Å². The van der Waals surface area contributed by atoms with E-state index in [4.69, 9.17) is 14.5 Å². The standard InChI is InChI=1S/C29H31BrN2O5S/c1-3-36-23-16-19(15-22(30)27(23)37-18-25(33)35-2)17-31-29-26(28(34)32-20-11-7-6-8-12-20)21-13-9-4-5-10-14-24(21)38-29/h6-8,11-12,15-17H,3-5,9-10,13-14,18H2,1-2H3,(H,32,34). The molecule has 200 valence electrons. The zero-order chi connectivity index (χ0) is 26.9. The number of ether oxygens (including phenoxy) is 3. The maximum atomic E-state index is 13.5. The van der Waals surface area contributed by atoms with Crippen molar-refractivity contribution < 1.29 is 23.8 Å². The first-order valence-corrected chi connectivity index (χ1v) is 14.3. The van der Waals surface area contributed by atoms with Crippen LogP contribution in [-0.2, 0) is 22.4 Å². The van der Waals surface area contributed by atoms with Gasteiger partial charge in [-0.25, -0.2) is 9.79 Å². The number of nitrogens with one attached hydrogen (secondary N) is 1. The van der Waals surface area contributed by atoms with Gasteiger partial charge in [0.2, 0.25) is 0 Å². The first-order valence-electron chi connectivity index (χ1n) is 12.7. The SMILES string of the molecule is CCOc1cc(C=Nc2sc3c(c2C(=O)Nc2ccccc2)CCCCCC3)cc(Br)c1OCC(=O)OC. The van der Waals surface area contributed by atoms with Crippen molar-refractivity contribution in [2.75, 3.05) is 25.6 Å². The number of anilines is 1. The van der Waals surface area contributed by atoms with E-state index in [-0.39, 0.29) is 12.5 Å². The normalized spacial score (nSPS) is 13.3. The Morgan fingerprint density at radius 3 is 2.58 bits per heavy atom. The predicted molar refractivity (Wildman–Crippen MR) is 155 cm³/mol. The third kappa shape index (κ3) is 7.02. The maximum absolute atomic E-state index is 13.5. The number of benzene rings is 2. The van der Waals surface area contributed by atoms with Crippen LogP contribution in [-0.4, -0.2) is 38.4 Å². The van der Waals surface area contributed by atoms with Crippen molar-refractivity contribution in [1.82, 2.24) is 0 Å². The number of hydrogen-bond donors (Lipinski definition) is 1. The van der Waals surface area contributed by atoms with Crippen LogP contribution in [0, 0.1) is 0 Å². The van der Waals surface area contributed by atoms with Gasteiger partial charge in [0.15, 0.2) is 18.1 Å². The molecule has 7 nitrogen and oxygen atoms in total. The number of carbonyl (C=O) groups excluding carboxylic acids is 2. The van der Waals surface area contributed by atoms with Crippen molar-refractivity contribution >= 4 is 56.0 Å². The van der Waals surface area contributed by atoms with E-state index < -0.39 is 5.97 Å². The Labute approximate surface area is 235 Å². The van der Waals surface area contributed by atoms with E-state index in [1.54, 1.807) is 23.6 Å². The Kier molecular flexibility index (Phi) is 9.95. The number of nitrogens with zero attached hydrogens (tertiary/aromatic N) is 1. The molecule has 1 aliphatic rings. The Balaban J connectivity index is 1.67. The van der Waals surface area contributed by atoms with Crippen molar-refractivity contribution in [1.29, 1.82) is 0 Å². The molecule has 0 fully saturated rings. The highest BCUT2D eigenvalue weighted by Gasteiger charge is 2.24. The molecular weight excluding hydrogens is 568 g/mol. The van der Waals surface area contributed by atoms with E-state index in [2.05, 4.69) is 26.0 Å². The highest BCUT2D eigenvalue weighted by molar-refractivity contribution is 9.10. The second-order valence-corrected chi connectivity index (χ2v) is 10.7. The lowest BCUT2D eigenvalue weighted by Crippen LogP contribution is -2.14. The van der Waals surface area contributed by atoms with E-state index in [9.17, 15) is 9.59 Å². The van der Waals surface area contributed by atoms with Gasteiger partial charge >= 0.3 is 5.97 Å².